The Labute approximate surface area is 114 Å². The summed E-state index contributed by atoms with van der Waals surface area (Å²) in [5.41, 5.74) is 0.378. The molecule has 0 aliphatic heterocycles. The van der Waals surface area contributed by atoms with Crippen molar-refractivity contribution < 1.29 is 14.6 Å². The van der Waals surface area contributed by atoms with E-state index in [-0.39, 0.29) is 21.5 Å². The number of hydrogen-bond acceptors (Lipinski definition) is 3. The van der Waals surface area contributed by atoms with Gasteiger partial charge in [-0.1, -0.05) is 41.4 Å². The zero-order valence-electron chi connectivity index (χ0n) is 9.06. The minimum absolute atomic E-state index is 0.0294. The van der Waals surface area contributed by atoms with Crippen LogP contribution in [0.2, 0.25) is 10.0 Å². The molecule has 18 heavy (non-hydrogen) atoms. The molecule has 0 aromatic heterocycles. The van der Waals surface area contributed by atoms with Crippen LogP contribution in [0, 0.1) is 0 Å². The van der Waals surface area contributed by atoms with E-state index in [0.29, 0.717) is 5.56 Å². The highest BCUT2D eigenvalue weighted by molar-refractivity contribution is 6.43. The summed E-state index contributed by atoms with van der Waals surface area (Å²) < 4.78 is 5.04. The van der Waals surface area contributed by atoms with Gasteiger partial charge in [-0.2, -0.15) is 0 Å². The smallest absolute Gasteiger partial charge is 0.343 e. The summed E-state index contributed by atoms with van der Waals surface area (Å²) in [5, 5.41) is 9.82. The van der Waals surface area contributed by atoms with Crippen molar-refractivity contribution >= 4 is 29.2 Å². The molecule has 2 rings (SSSR count). The van der Waals surface area contributed by atoms with E-state index in [9.17, 15) is 9.90 Å². The highest BCUT2D eigenvalue weighted by Crippen LogP contribution is 2.38. The fourth-order valence-corrected chi connectivity index (χ4v) is 1.65. The number of hydrogen-bond donors (Lipinski definition) is 1. The van der Waals surface area contributed by atoms with Crippen molar-refractivity contribution in [1.29, 1.82) is 0 Å². The first-order valence-corrected chi connectivity index (χ1v) is 5.79. The van der Waals surface area contributed by atoms with Gasteiger partial charge in [0.25, 0.3) is 0 Å². The summed E-state index contributed by atoms with van der Waals surface area (Å²) in [6.45, 7) is 0. The van der Waals surface area contributed by atoms with Gasteiger partial charge < -0.3 is 9.84 Å². The molecule has 0 aliphatic rings. The van der Waals surface area contributed by atoms with E-state index < -0.39 is 5.97 Å². The summed E-state index contributed by atoms with van der Waals surface area (Å²) in [6.07, 6.45) is 0. The zero-order chi connectivity index (χ0) is 13.1. The van der Waals surface area contributed by atoms with Crippen LogP contribution in [0.25, 0.3) is 0 Å². The van der Waals surface area contributed by atoms with E-state index in [0.717, 1.165) is 0 Å². The number of phenolic OH excluding ortho intramolecular Hbond substituents is 1. The molecule has 0 spiro atoms. The van der Waals surface area contributed by atoms with E-state index >= 15 is 0 Å². The lowest BCUT2D eigenvalue weighted by Crippen LogP contribution is -2.08. The van der Waals surface area contributed by atoms with Gasteiger partial charge in [-0.25, -0.2) is 4.79 Å². The summed E-state index contributed by atoms with van der Waals surface area (Å²) in [5.74, 6) is -0.962. The van der Waals surface area contributed by atoms with Gasteiger partial charge in [-0.3, -0.25) is 0 Å². The molecule has 0 radical (unpaired) electrons. The maximum Gasteiger partial charge on any atom is 0.343 e. The van der Waals surface area contributed by atoms with Gasteiger partial charge in [-0.15, -0.1) is 0 Å². The number of benzene rings is 2. The van der Waals surface area contributed by atoms with E-state index in [2.05, 4.69) is 0 Å². The van der Waals surface area contributed by atoms with Crippen molar-refractivity contribution in [2.24, 2.45) is 0 Å². The van der Waals surface area contributed by atoms with Gasteiger partial charge in [0.2, 0.25) is 0 Å². The Morgan fingerprint density at radius 3 is 2.39 bits per heavy atom. The summed E-state index contributed by atoms with van der Waals surface area (Å²) >= 11 is 11.4. The third kappa shape index (κ3) is 2.58. The van der Waals surface area contributed by atoms with Gasteiger partial charge >= 0.3 is 5.97 Å². The molecule has 0 heterocycles. The first kappa shape index (κ1) is 12.7. The van der Waals surface area contributed by atoms with Crippen molar-refractivity contribution in [3.63, 3.8) is 0 Å². The molecule has 0 unspecified atom stereocenters. The quantitative estimate of drug-likeness (QED) is 0.671. The number of halogens is 2. The molecule has 1 N–H and O–H groups in total. The summed E-state index contributed by atoms with van der Waals surface area (Å²) in [7, 11) is 0. The predicted molar refractivity (Wildman–Crippen MR) is 69.5 cm³/mol. The predicted octanol–water partition coefficient (Wildman–Crippen LogP) is 3.92. The molecule has 0 atom stereocenters. The van der Waals surface area contributed by atoms with Crippen molar-refractivity contribution in [2.75, 3.05) is 0 Å². The minimum Gasteiger partial charge on any atom is -0.503 e. The molecule has 5 heteroatoms. The van der Waals surface area contributed by atoms with Crippen LogP contribution < -0.4 is 4.74 Å². The van der Waals surface area contributed by atoms with E-state index in [1.807, 2.05) is 0 Å². The van der Waals surface area contributed by atoms with Crippen LogP contribution in [-0.2, 0) is 0 Å². The molecular formula is C13H8Cl2O3. The van der Waals surface area contributed by atoms with Gasteiger partial charge in [0.1, 0.15) is 5.02 Å². The maximum absolute atomic E-state index is 11.8. The van der Waals surface area contributed by atoms with Gasteiger partial charge in [0, 0.05) is 0 Å². The second-order valence-electron chi connectivity index (χ2n) is 3.46. The average Bonchev–Trinajstić information content (AvgIpc) is 2.40. The van der Waals surface area contributed by atoms with E-state index in [4.69, 9.17) is 27.9 Å². The van der Waals surface area contributed by atoms with Crippen molar-refractivity contribution in [3.8, 4) is 11.5 Å². The van der Waals surface area contributed by atoms with Crippen LogP contribution in [0.5, 0.6) is 11.5 Å². The molecule has 2 aromatic carbocycles. The molecule has 3 nitrogen and oxygen atoms in total. The number of carbonyl (C=O) groups excluding carboxylic acids is 1. The molecule has 0 aliphatic carbocycles. The lowest BCUT2D eigenvalue weighted by atomic mass is 10.2. The summed E-state index contributed by atoms with van der Waals surface area (Å²) in [4.78, 5) is 11.8. The van der Waals surface area contributed by atoms with Crippen LogP contribution >= 0.6 is 23.2 Å². The Morgan fingerprint density at radius 1 is 1.06 bits per heavy atom. The lowest BCUT2D eigenvalue weighted by Gasteiger charge is -2.08. The number of rotatable bonds is 2. The Hall–Kier alpha value is -1.71. The Morgan fingerprint density at radius 2 is 1.72 bits per heavy atom. The topological polar surface area (TPSA) is 46.5 Å². The maximum atomic E-state index is 11.8. The zero-order valence-corrected chi connectivity index (χ0v) is 10.6. The standard InChI is InChI=1S/C13H8Cl2O3/c14-9-6-7-10(12(16)11(9)15)18-13(17)8-4-2-1-3-5-8/h1-7,16H. The third-order valence-corrected chi connectivity index (χ3v) is 3.04. The fourth-order valence-electron chi connectivity index (χ4n) is 1.34. The Bertz CT molecular complexity index is 582. The second-order valence-corrected chi connectivity index (χ2v) is 4.25. The van der Waals surface area contributed by atoms with Crippen LogP contribution in [0.3, 0.4) is 0 Å². The SMILES string of the molecule is O=C(Oc1ccc(Cl)c(Cl)c1O)c1ccccc1. The van der Waals surface area contributed by atoms with Crippen LogP contribution in [0.4, 0.5) is 0 Å². The van der Waals surface area contributed by atoms with Gasteiger partial charge in [0.05, 0.1) is 10.6 Å². The molecular weight excluding hydrogens is 275 g/mol. The van der Waals surface area contributed by atoms with Crippen molar-refractivity contribution in [1.82, 2.24) is 0 Å². The largest absolute Gasteiger partial charge is 0.503 e. The molecule has 2 aromatic rings. The second kappa shape index (κ2) is 5.29. The number of esters is 1. The number of ether oxygens (including phenoxy) is 1. The van der Waals surface area contributed by atoms with E-state index in [1.165, 1.54) is 12.1 Å². The Kier molecular flexibility index (Phi) is 3.75. The molecule has 0 saturated carbocycles. The van der Waals surface area contributed by atoms with Crippen LogP contribution in [0.1, 0.15) is 10.4 Å². The average molecular weight is 283 g/mol. The first-order valence-electron chi connectivity index (χ1n) is 5.04. The third-order valence-electron chi connectivity index (χ3n) is 2.24. The number of aromatic hydroxyl groups is 1. The monoisotopic (exact) mass is 282 g/mol. The molecule has 92 valence electrons. The highest BCUT2D eigenvalue weighted by atomic mass is 35.5. The Balaban J connectivity index is 2.26. The van der Waals surface area contributed by atoms with Crippen LogP contribution in [-0.4, -0.2) is 11.1 Å². The lowest BCUT2D eigenvalue weighted by molar-refractivity contribution is 0.0729. The normalized spacial score (nSPS) is 10.1. The minimum atomic E-state index is -0.579. The first-order chi connectivity index (χ1) is 8.59. The number of phenols is 1. The highest BCUT2D eigenvalue weighted by Gasteiger charge is 2.15. The van der Waals surface area contributed by atoms with Crippen molar-refractivity contribution in [3.05, 3.63) is 58.1 Å². The molecule has 0 bridgehead atoms. The van der Waals surface area contributed by atoms with Crippen LogP contribution in [0.15, 0.2) is 42.5 Å². The molecule has 0 fully saturated rings. The number of carbonyl (C=O) groups is 1. The van der Waals surface area contributed by atoms with Gasteiger partial charge in [-0.05, 0) is 24.3 Å². The van der Waals surface area contributed by atoms with Gasteiger partial charge in [0.15, 0.2) is 11.5 Å². The van der Waals surface area contributed by atoms with Crippen molar-refractivity contribution in [2.45, 2.75) is 0 Å². The fraction of sp³-hybridized carbons (Fsp3) is 0. The molecule has 0 saturated heterocycles. The molecule has 0 amide bonds. The van der Waals surface area contributed by atoms with E-state index in [1.54, 1.807) is 30.3 Å². The summed E-state index contributed by atoms with van der Waals surface area (Å²) in [6, 6.07) is 11.2.